The molecule has 0 bridgehead atoms. The van der Waals surface area contributed by atoms with Crippen LogP contribution in [-0.2, 0) is 12.0 Å². The normalized spacial score (nSPS) is 23.7. The van der Waals surface area contributed by atoms with Gasteiger partial charge in [0.05, 0.1) is 5.52 Å². The Labute approximate surface area is 149 Å². The Kier molecular flexibility index (Phi) is 2.94. The lowest BCUT2D eigenvalue weighted by molar-refractivity contribution is 0.140. The molecule has 25 heavy (non-hydrogen) atoms. The molecule has 3 aromatic rings. The summed E-state index contributed by atoms with van der Waals surface area (Å²) in [6.07, 6.45) is 8.31. The van der Waals surface area contributed by atoms with Gasteiger partial charge in [-0.3, -0.25) is 0 Å². The molecule has 3 heterocycles. The zero-order valence-corrected chi connectivity index (χ0v) is 15.8. The van der Waals surface area contributed by atoms with Crippen molar-refractivity contribution in [1.29, 1.82) is 0 Å². The monoisotopic (exact) mass is 333 g/mol. The summed E-state index contributed by atoms with van der Waals surface area (Å²) in [6.45, 7) is 9.06. The van der Waals surface area contributed by atoms with Crippen LogP contribution in [0.1, 0.15) is 58.9 Å². The highest BCUT2D eigenvalue weighted by molar-refractivity contribution is 6.13. The van der Waals surface area contributed by atoms with Crippen LogP contribution in [0.3, 0.4) is 0 Å². The smallest absolute Gasteiger partial charge is 0.131 e. The van der Waals surface area contributed by atoms with Gasteiger partial charge in [0.25, 0.3) is 0 Å². The Hall–Kier alpha value is -1.96. The summed E-state index contributed by atoms with van der Waals surface area (Å²) in [5.74, 6) is 1.12. The Morgan fingerprint density at radius 1 is 1.16 bits per heavy atom. The number of hydrogen-bond donors (Lipinski definition) is 0. The maximum absolute atomic E-state index is 6.36. The molecule has 1 aromatic heterocycles. The Morgan fingerprint density at radius 3 is 2.72 bits per heavy atom. The number of hydrogen-bond acceptors (Lipinski definition) is 1. The zero-order chi connectivity index (χ0) is 17.4. The lowest BCUT2D eigenvalue weighted by atomic mass is 9.88. The van der Waals surface area contributed by atoms with Crippen molar-refractivity contribution in [3.63, 3.8) is 0 Å². The third kappa shape index (κ3) is 1.86. The molecule has 1 unspecified atom stereocenters. The number of aromatic nitrogens is 1. The first-order valence-corrected chi connectivity index (χ1v) is 9.78. The average Bonchev–Trinajstić information content (AvgIpc) is 3.20. The summed E-state index contributed by atoms with van der Waals surface area (Å²) in [6, 6.07) is 9.18. The zero-order valence-electron chi connectivity index (χ0n) is 15.8. The molecule has 0 aliphatic carbocycles. The van der Waals surface area contributed by atoms with E-state index in [4.69, 9.17) is 4.74 Å². The van der Waals surface area contributed by atoms with E-state index in [2.05, 4.69) is 62.6 Å². The molecule has 2 aliphatic heterocycles. The molecule has 0 spiro atoms. The third-order valence-corrected chi connectivity index (χ3v) is 6.44. The summed E-state index contributed by atoms with van der Waals surface area (Å²) in [7, 11) is 0. The van der Waals surface area contributed by atoms with Crippen molar-refractivity contribution >= 4 is 27.8 Å². The van der Waals surface area contributed by atoms with Crippen LogP contribution in [0.25, 0.3) is 27.8 Å². The van der Waals surface area contributed by atoms with Crippen molar-refractivity contribution in [2.45, 2.75) is 70.9 Å². The molecule has 130 valence electrons. The molecular formula is C23H27NO. The average molecular weight is 333 g/mol. The first-order valence-electron chi connectivity index (χ1n) is 9.78. The molecule has 2 aromatic carbocycles. The second-order valence-corrected chi connectivity index (χ2v) is 8.61. The van der Waals surface area contributed by atoms with E-state index >= 15 is 0 Å². The van der Waals surface area contributed by atoms with Crippen LogP contribution in [0.5, 0.6) is 5.75 Å². The second kappa shape index (κ2) is 4.81. The van der Waals surface area contributed by atoms with E-state index in [0.29, 0.717) is 0 Å². The standard InChI is InChI=1S/C23H27NO/c1-5-11-23(6-2)12-10-18-16-8-7-9-17-20(16)19(24(18)23)13-15-14-22(3,4)25-21(15)17/h7-10,13H,5-6,11-12,14H2,1-4H3. The SMILES string of the molecule is CCCC1(CC)CC=c2c3cccc4c5c(cc(c43)n21)CC(C)(C)O5. The maximum Gasteiger partial charge on any atom is 0.131 e. The fourth-order valence-electron chi connectivity index (χ4n) is 5.40. The van der Waals surface area contributed by atoms with Gasteiger partial charge in [-0.2, -0.15) is 0 Å². The number of nitrogens with zero attached hydrogens (tertiary/aromatic N) is 1. The fourth-order valence-corrected chi connectivity index (χ4v) is 5.40. The molecular weight excluding hydrogens is 306 g/mol. The highest BCUT2D eigenvalue weighted by Gasteiger charge is 2.37. The largest absolute Gasteiger partial charge is 0.487 e. The minimum absolute atomic E-state index is 0.0992. The van der Waals surface area contributed by atoms with Crippen LogP contribution < -0.4 is 10.1 Å². The predicted octanol–water partition coefficient (Wildman–Crippen LogP) is 5.32. The van der Waals surface area contributed by atoms with E-state index in [9.17, 15) is 0 Å². The number of ether oxygens (including phenoxy) is 1. The number of benzene rings is 2. The van der Waals surface area contributed by atoms with Gasteiger partial charge in [-0.25, -0.2) is 0 Å². The lowest BCUT2D eigenvalue weighted by Crippen LogP contribution is -2.33. The molecule has 0 radical (unpaired) electrons. The highest BCUT2D eigenvalue weighted by Crippen LogP contribution is 2.46. The summed E-state index contributed by atoms with van der Waals surface area (Å²) in [5, 5.41) is 5.53. The van der Waals surface area contributed by atoms with Gasteiger partial charge >= 0.3 is 0 Å². The predicted molar refractivity (Wildman–Crippen MR) is 105 cm³/mol. The van der Waals surface area contributed by atoms with Crippen LogP contribution in [0, 0.1) is 0 Å². The van der Waals surface area contributed by atoms with Crippen LogP contribution in [0.2, 0.25) is 0 Å². The number of rotatable bonds is 3. The van der Waals surface area contributed by atoms with Crippen LogP contribution >= 0.6 is 0 Å². The van der Waals surface area contributed by atoms with E-state index in [1.54, 1.807) is 0 Å². The Morgan fingerprint density at radius 2 is 1.96 bits per heavy atom. The molecule has 0 amide bonds. The first-order chi connectivity index (χ1) is 12.0. The molecule has 0 N–H and O–H groups in total. The first kappa shape index (κ1) is 15.3. The van der Waals surface area contributed by atoms with Gasteiger partial charge in [0.2, 0.25) is 0 Å². The van der Waals surface area contributed by atoms with Gasteiger partial charge in [0, 0.05) is 39.0 Å². The Bertz CT molecular complexity index is 1060. The fraction of sp³-hybridized carbons (Fsp3) is 0.478. The van der Waals surface area contributed by atoms with Crippen molar-refractivity contribution in [2.24, 2.45) is 0 Å². The summed E-state index contributed by atoms with van der Waals surface area (Å²) in [4.78, 5) is 0. The van der Waals surface area contributed by atoms with Gasteiger partial charge < -0.3 is 9.30 Å². The van der Waals surface area contributed by atoms with Crippen molar-refractivity contribution in [1.82, 2.24) is 4.57 Å². The Balaban J connectivity index is 1.91. The van der Waals surface area contributed by atoms with Crippen LogP contribution in [-0.4, -0.2) is 10.2 Å². The van der Waals surface area contributed by atoms with Crippen LogP contribution in [0.15, 0.2) is 24.3 Å². The van der Waals surface area contributed by atoms with Crippen molar-refractivity contribution in [3.8, 4) is 5.75 Å². The highest BCUT2D eigenvalue weighted by atomic mass is 16.5. The summed E-state index contributed by atoms with van der Waals surface area (Å²) >= 11 is 0. The van der Waals surface area contributed by atoms with Gasteiger partial charge in [-0.15, -0.1) is 0 Å². The van der Waals surface area contributed by atoms with E-state index < -0.39 is 0 Å². The van der Waals surface area contributed by atoms with E-state index in [1.807, 2.05) is 0 Å². The molecule has 0 saturated heterocycles. The van der Waals surface area contributed by atoms with Crippen molar-refractivity contribution in [2.75, 3.05) is 0 Å². The molecule has 2 heteroatoms. The minimum atomic E-state index is -0.0992. The minimum Gasteiger partial charge on any atom is -0.487 e. The van der Waals surface area contributed by atoms with Gasteiger partial charge in [-0.05, 0) is 39.2 Å². The van der Waals surface area contributed by atoms with Crippen molar-refractivity contribution in [3.05, 3.63) is 35.2 Å². The molecule has 2 nitrogen and oxygen atoms in total. The maximum atomic E-state index is 6.36. The molecule has 2 aliphatic rings. The van der Waals surface area contributed by atoms with Gasteiger partial charge in [0.15, 0.2) is 0 Å². The molecule has 0 fully saturated rings. The quantitative estimate of drug-likeness (QED) is 0.633. The van der Waals surface area contributed by atoms with Gasteiger partial charge in [-0.1, -0.05) is 44.5 Å². The van der Waals surface area contributed by atoms with Crippen molar-refractivity contribution < 1.29 is 4.74 Å². The third-order valence-electron chi connectivity index (χ3n) is 6.44. The number of fused-ring (bicyclic) bond motifs is 5. The second-order valence-electron chi connectivity index (χ2n) is 8.61. The molecule has 0 saturated carbocycles. The lowest BCUT2D eigenvalue weighted by Gasteiger charge is -2.32. The molecule has 1 atom stereocenters. The summed E-state index contributed by atoms with van der Waals surface area (Å²) < 4.78 is 9.04. The van der Waals surface area contributed by atoms with E-state index in [0.717, 1.165) is 12.2 Å². The van der Waals surface area contributed by atoms with Crippen LogP contribution in [0.4, 0.5) is 0 Å². The summed E-state index contributed by atoms with van der Waals surface area (Å²) in [5.41, 5.74) is 2.95. The van der Waals surface area contributed by atoms with Gasteiger partial charge in [0.1, 0.15) is 11.4 Å². The molecule has 5 rings (SSSR count). The topological polar surface area (TPSA) is 14.2 Å². The van der Waals surface area contributed by atoms with E-state index in [-0.39, 0.29) is 11.1 Å². The van der Waals surface area contributed by atoms with E-state index in [1.165, 1.54) is 58.3 Å².